The van der Waals surface area contributed by atoms with Crippen molar-refractivity contribution < 1.29 is 0 Å². The van der Waals surface area contributed by atoms with E-state index >= 15 is 0 Å². The molecule has 0 radical (unpaired) electrons. The summed E-state index contributed by atoms with van der Waals surface area (Å²) in [6, 6.07) is 13.2. The van der Waals surface area contributed by atoms with E-state index in [1.54, 1.807) is 6.07 Å². The molecular weight excluding hydrogens is 286 g/mol. The summed E-state index contributed by atoms with van der Waals surface area (Å²) in [6.45, 7) is 4.71. The molecule has 0 bridgehead atoms. The van der Waals surface area contributed by atoms with Crippen LogP contribution < -0.4 is 11.3 Å². The predicted octanol–water partition coefficient (Wildman–Crippen LogP) is 3.15. The van der Waals surface area contributed by atoms with Crippen molar-refractivity contribution in [3.05, 3.63) is 69.8 Å². The largest absolute Gasteiger partial charge is 0.399 e. The summed E-state index contributed by atoms with van der Waals surface area (Å²) < 4.78 is 1.82. The molecular formula is C19H21N3O. The molecule has 0 aliphatic heterocycles. The minimum Gasteiger partial charge on any atom is -0.399 e. The number of pyridine rings is 2. The Balaban J connectivity index is 2.20. The summed E-state index contributed by atoms with van der Waals surface area (Å²) in [4.78, 5) is 17.1. The third-order valence-electron chi connectivity index (χ3n) is 4.14. The average molecular weight is 307 g/mol. The summed E-state index contributed by atoms with van der Waals surface area (Å²) in [5.41, 5.74) is 10.6. The van der Waals surface area contributed by atoms with Gasteiger partial charge in [0.1, 0.15) is 0 Å². The number of nitrogens with two attached hydrogens (primary N) is 1. The molecule has 2 aromatic heterocycles. The zero-order chi connectivity index (χ0) is 16.4. The molecule has 0 unspecified atom stereocenters. The number of aryl methyl sites for hydroxylation is 2. The Labute approximate surface area is 135 Å². The third-order valence-corrected chi connectivity index (χ3v) is 4.14. The number of aromatic nitrogens is 2. The molecule has 0 aliphatic carbocycles. The van der Waals surface area contributed by atoms with Crippen LogP contribution in [0.4, 0.5) is 5.69 Å². The maximum absolute atomic E-state index is 12.4. The highest BCUT2D eigenvalue weighted by molar-refractivity contribution is 5.81. The fourth-order valence-corrected chi connectivity index (χ4v) is 2.84. The quantitative estimate of drug-likeness (QED) is 0.753. The molecule has 0 atom stereocenters. The molecule has 0 fully saturated rings. The van der Waals surface area contributed by atoms with E-state index in [0.717, 1.165) is 46.4 Å². The first-order chi connectivity index (χ1) is 11.1. The van der Waals surface area contributed by atoms with E-state index in [4.69, 9.17) is 10.7 Å². The van der Waals surface area contributed by atoms with Crippen molar-refractivity contribution >= 4 is 16.6 Å². The predicted molar refractivity (Wildman–Crippen MR) is 94.7 cm³/mol. The Kier molecular flexibility index (Phi) is 4.15. The molecule has 0 aliphatic rings. The first kappa shape index (κ1) is 15.3. The first-order valence-electron chi connectivity index (χ1n) is 7.99. The van der Waals surface area contributed by atoms with Gasteiger partial charge in [-0.25, -0.2) is 0 Å². The van der Waals surface area contributed by atoms with Crippen LogP contribution in [0.5, 0.6) is 0 Å². The number of fused-ring (bicyclic) bond motifs is 1. The summed E-state index contributed by atoms with van der Waals surface area (Å²) in [6.07, 6.45) is 1.71. The van der Waals surface area contributed by atoms with Gasteiger partial charge in [0, 0.05) is 28.5 Å². The second kappa shape index (κ2) is 6.24. The number of hydrogen-bond donors (Lipinski definition) is 1. The summed E-state index contributed by atoms with van der Waals surface area (Å²) in [7, 11) is 0. The lowest BCUT2D eigenvalue weighted by atomic mass is 10.1. The SMILES string of the molecule is CCc1cc2c(ccc(=O)n2Cc2ccc(N)cc2)c(CC)n1. The average Bonchev–Trinajstić information content (AvgIpc) is 2.58. The lowest BCUT2D eigenvalue weighted by Crippen LogP contribution is -2.20. The van der Waals surface area contributed by atoms with Crippen molar-refractivity contribution in [2.24, 2.45) is 0 Å². The fraction of sp³-hybridized carbons (Fsp3) is 0.263. The van der Waals surface area contributed by atoms with Gasteiger partial charge < -0.3 is 10.3 Å². The van der Waals surface area contributed by atoms with Crippen LogP contribution in [0.3, 0.4) is 0 Å². The second-order valence-corrected chi connectivity index (χ2v) is 5.70. The Morgan fingerprint density at radius 2 is 1.78 bits per heavy atom. The number of nitrogen functional groups attached to an aromatic ring is 1. The van der Waals surface area contributed by atoms with Gasteiger partial charge in [0.25, 0.3) is 5.56 Å². The van der Waals surface area contributed by atoms with Crippen LogP contribution >= 0.6 is 0 Å². The van der Waals surface area contributed by atoms with Gasteiger partial charge in [-0.1, -0.05) is 26.0 Å². The molecule has 23 heavy (non-hydrogen) atoms. The molecule has 118 valence electrons. The van der Waals surface area contributed by atoms with Gasteiger partial charge in [0.05, 0.1) is 12.1 Å². The van der Waals surface area contributed by atoms with Crippen molar-refractivity contribution in [2.45, 2.75) is 33.2 Å². The monoisotopic (exact) mass is 307 g/mol. The standard InChI is InChI=1S/C19H21N3O/c1-3-15-11-18-16(17(4-2)21-15)9-10-19(23)22(18)12-13-5-7-14(20)8-6-13/h5-11H,3-4,12,20H2,1-2H3. The maximum atomic E-state index is 12.4. The van der Waals surface area contributed by atoms with Crippen molar-refractivity contribution in [3.63, 3.8) is 0 Å². The summed E-state index contributed by atoms with van der Waals surface area (Å²) in [5, 5.41) is 1.06. The van der Waals surface area contributed by atoms with Gasteiger partial charge in [0.15, 0.2) is 0 Å². The van der Waals surface area contributed by atoms with Crippen LogP contribution in [0, 0.1) is 0 Å². The smallest absolute Gasteiger partial charge is 0.251 e. The van der Waals surface area contributed by atoms with E-state index in [1.165, 1.54) is 0 Å². The number of rotatable bonds is 4. The van der Waals surface area contributed by atoms with Crippen LogP contribution in [0.1, 0.15) is 30.8 Å². The molecule has 0 saturated heterocycles. The minimum absolute atomic E-state index is 0.00429. The Morgan fingerprint density at radius 3 is 2.43 bits per heavy atom. The molecule has 2 N–H and O–H groups in total. The highest BCUT2D eigenvalue weighted by Gasteiger charge is 2.10. The van der Waals surface area contributed by atoms with Gasteiger partial charge >= 0.3 is 0 Å². The third kappa shape index (κ3) is 2.97. The van der Waals surface area contributed by atoms with Gasteiger partial charge in [-0.05, 0) is 42.7 Å². The van der Waals surface area contributed by atoms with Gasteiger partial charge in [-0.15, -0.1) is 0 Å². The van der Waals surface area contributed by atoms with E-state index in [0.29, 0.717) is 6.54 Å². The topological polar surface area (TPSA) is 60.9 Å². The van der Waals surface area contributed by atoms with Crippen LogP contribution in [0.25, 0.3) is 10.9 Å². The Morgan fingerprint density at radius 1 is 1.04 bits per heavy atom. The van der Waals surface area contributed by atoms with Crippen LogP contribution in [-0.4, -0.2) is 9.55 Å². The molecule has 3 aromatic rings. The molecule has 0 amide bonds. The van der Waals surface area contributed by atoms with E-state index in [-0.39, 0.29) is 5.56 Å². The molecule has 0 spiro atoms. The lowest BCUT2D eigenvalue weighted by Gasteiger charge is -2.14. The number of benzene rings is 1. The van der Waals surface area contributed by atoms with Crippen molar-refractivity contribution in [2.75, 3.05) is 5.73 Å². The highest BCUT2D eigenvalue weighted by atomic mass is 16.1. The molecule has 3 rings (SSSR count). The second-order valence-electron chi connectivity index (χ2n) is 5.70. The van der Waals surface area contributed by atoms with Crippen molar-refractivity contribution in [1.82, 2.24) is 9.55 Å². The van der Waals surface area contributed by atoms with Crippen LogP contribution in [0.15, 0.2) is 47.3 Å². The number of hydrogen-bond acceptors (Lipinski definition) is 3. The van der Waals surface area contributed by atoms with E-state index in [1.807, 2.05) is 41.0 Å². The normalized spacial score (nSPS) is 11.0. The molecule has 1 aromatic carbocycles. The Bertz CT molecular complexity index is 895. The van der Waals surface area contributed by atoms with E-state index in [2.05, 4.69) is 13.8 Å². The van der Waals surface area contributed by atoms with Gasteiger partial charge in [0.2, 0.25) is 0 Å². The van der Waals surface area contributed by atoms with Gasteiger partial charge in [-0.3, -0.25) is 9.78 Å². The molecule has 4 nitrogen and oxygen atoms in total. The van der Waals surface area contributed by atoms with E-state index < -0.39 is 0 Å². The summed E-state index contributed by atoms with van der Waals surface area (Å²) >= 11 is 0. The van der Waals surface area contributed by atoms with Gasteiger partial charge in [-0.2, -0.15) is 0 Å². The highest BCUT2D eigenvalue weighted by Crippen LogP contribution is 2.19. The number of anilines is 1. The van der Waals surface area contributed by atoms with Crippen LogP contribution in [-0.2, 0) is 19.4 Å². The van der Waals surface area contributed by atoms with Crippen LogP contribution in [0.2, 0.25) is 0 Å². The summed E-state index contributed by atoms with van der Waals surface area (Å²) in [5.74, 6) is 0. The van der Waals surface area contributed by atoms with Crippen molar-refractivity contribution in [3.8, 4) is 0 Å². The Hall–Kier alpha value is -2.62. The first-order valence-corrected chi connectivity index (χ1v) is 7.99. The fourth-order valence-electron chi connectivity index (χ4n) is 2.84. The molecule has 4 heteroatoms. The minimum atomic E-state index is 0.00429. The molecule has 0 saturated carbocycles. The number of nitrogens with zero attached hydrogens (tertiary/aromatic N) is 2. The van der Waals surface area contributed by atoms with Crippen molar-refractivity contribution in [1.29, 1.82) is 0 Å². The maximum Gasteiger partial charge on any atom is 0.251 e. The van der Waals surface area contributed by atoms with E-state index in [9.17, 15) is 4.79 Å². The zero-order valence-electron chi connectivity index (χ0n) is 13.5. The molecule has 2 heterocycles. The zero-order valence-corrected chi connectivity index (χ0v) is 13.5. The lowest BCUT2D eigenvalue weighted by molar-refractivity contribution is 0.790.